The van der Waals surface area contributed by atoms with E-state index in [9.17, 15) is 28.5 Å². The predicted molar refractivity (Wildman–Crippen MR) is 63.8 cm³/mol. The van der Waals surface area contributed by atoms with Crippen LogP contribution in [0.4, 0.5) is 14.5 Å². The third-order valence-corrected chi connectivity index (χ3v) is 2.22. The van der Waals surface area contributed by atoms with Crippen molar-refractivity contribution in [2.75, 3.05) is 19.8 Å². The van der Waals surface area contributed by atoms with Gasteiger partial charge in [0.05, 0.1) is 23.2 Å². The molecular weight excluding hydrogens is 294 g/mol. The number of benzene rings is 1. The molecule has 0 bridgehead atoms. The van der Waals surface area contributed by atoms with Gasteiger partial charge in [0.25, 0.3) is 5.91 Å². The maximum Gasteiger partial charge on any atom is 0.329 e. The lowest BCUT2D eigenvalue weighted by atomic mass is 10.1. The molecule has 1 amide bonds. The van der Waals surface area contributed by atoms with Crippen LogP contribution < -0.4 is 5.32 Å². The normalized spacial score (nSPS) is 10.2. The summed E-state index contributed by atoms with van der Waals surface area (Å²) in [6.07, 6.45) is 0. The van der Waals surface area contributed by atoms with Crippen LogP contribution in [0.5, 0.6) is 0 Å². The van der Waals surface area contributed by atoms with Crippen LogP contribution in [-0.2, 0) is 9.53 Å². The number of carboxylic acid groups (broad SMARTS) is 1. The predicted octanol–water partition coefficient (Wildman–Crippen LogP) is 0.704. The summed E-state index contributed by atoms with van der Waals surface area (Å²) in [6.45, 7) is -0.914. The molecule has 0 aromatic heterocycles. The average Bonchev–Trinajstić information content (AvgIpc) is 2.39. The van der Waals surface area contributed by atoms with Crippen molar-refractivity contribution in [3.63, 3.8) is 0 Å². The minimum atomic E-state index is -1.45. The van der Waals surface area contributed by atoms with Gasteiger partial charge in [-0.15, -0.1) is 0 Å². The third-order valence-electron chi connectivity index (χ3n) is 2.22. The van der Waals surface area contributed by atoms with Crippen LogP contribution in [0.3, 0.4) is 0 Å². The number of nitrogens with one attached hydrogen (secondary N) is 1. The van der Waals surface area contributed by atoms with Gasteiger partial charge in [0, 0.05) is 6.54 Å². The third kappa shape index (κ3) is 4.76. The van der Waals surface area contributed by atoms with E-state index in [4.69, 9.17) is 5.11 Å². The molecule has 0 aliphatic carbocycles. The van der Waals surface area contributed by atoms with Crippen LogP contribution in [0.15, 0.2) is 12.1 Å². The van der Waals surface area contributed by atoms with E-state index in [0.717, 1.165) is 0 Å². The molecule has 2 N–H and O–H groups in total. The fourth-order valence-corrected chi connectivity index (χ4v) is 1.36. The number of aliphatic carboxylic acids is 1. The molecule has 0 heterocycles. The fourth-order valence-electron chi connectivity index (χ4n) is 1.36. The molecule has 0 aliphatic rings. The molecule has 8 nitrogen and oxygen atoms in total. The monoisotopic (exact) mass is 304 g/mol. The number of nitro groups is 1. The number of amides is 1. The number of rotatable bonds is 7. The van der Waals surface area contributed by atoms with Crippen molar-refractivity contribution in [1.82, 2.24) is 5.32 Å². The second-order valence-corrected chi connectivity index (χ2v) is 3.75. The number of nitrogens with zero attached hydrogens (tertiary/aromatic N) is 1. The van der Waals surface area contributed by atoms with E-state index in [1.165, 1.54) is 0 Å². The summed E-state index contributed by atoms with van der Waals surface area (Å²) in [5.74, 6) is -4.86. The van der Waals surface area contributed by atoms with Crippen LogP contribution in [-0.4, -0.2) is 41.7 Å². The molecule has 0 fully saturated rings. The van der Waals surface area contributed by atoms with Gasteiger partial charge in [-0.3, -0.25) is 14.9 Å². The SMILES string of the molecule is O=C(O)COCCNC(=O)c1cc(F)cc([N+](=O)[O-])c1F. The molecule has 1 aromatic carbocycles. The van der Waals surface area contributed by atoms with Gasteiger partial charge in [0.15, 0.2) is 0 Å². The second-order valence-electron chi connectivity index (χ2n) is 3.75. The lowest BCUT2D eigenvalue weighted by molar-refractivity contribution is -0.387. The molecule has 114 valence electrons. The number of carboxylic acids is 1. The number of ether oxygens (including phenoxy) is 1. The Morgan fingerprint density at radius 2 is 2.05 bits per heavy atom. The Hall–Kier alpha value is -2.62. The Morgan fingerprint density at radius 3 is 2.62 bits per heavy atom. The Labute approximate surface area is 116 Å². The number of halogens is 2. The molecular formula is C11H10F2N2O6. The van der Waals surface area contributed by atoms with Gasteiger partial charge < -0.3 is 15.2 Å². The van der Waals surface area contributed by atoms with Crippen LogP contribution in [0.1, 0.15) is 10.4 Å². The summed E-state index contributed by atoms with van der Waals surface area (Å²) in [5, 5.41) is 20.9. The number of hydrogen-bond acceptors (Lipinski definition) is 5. The molecule has 1 rings (SSSR count). The highest BCUT2D eigenvalue weighted by Crippen LogP contribution is 2.22. The number of carbonyl (C=O) groups excluding carboxylic acids is 1. The smallest absolute Gasteiger partial charge is 0.329 e. The topological polar surface area (TPSA) is 119 Å². The lowest BCUT2D eigenvalue weighted by Gasteiger charge is -2.06. The highest BCUT2D eigenvalue weighted by molar-refractivity contribution is 5.95. The molecule has 0 atom stereocenters. The van der Waals surface area contributed by atoms with E-state index >= 15 is 0 Å². The van der Waals surface area contributed by atoms with Gasteiger partial charge in [0.1, 0.15) is 12.4 Å². The van der Waals surface area contributed by atoms with Gasteiger partial charge in [-0.1, -0.05) is 0 Å². The Kier molecular flexibility index (Phi) is 5.67. The standard InChI is InChI=1S/C11H10F2N2O6/c12-6-3-7(10(13)8(4-6)15(19)20)11(18)14-1-2-21-5-9(16)17/h3-4H,1-2,5H2,(H,14,18)(H,16,17). The van der Waals surface area contributed by atoms with Crippen molar-refractivity contribution < 1.29 is 33.1 Å². The second kappa shape index (κ2) is 7.24. The largest absolute Gasteiger partial charge is 0.480 e. The van der Waals surface area contributed by atoms with E-state index in [2.05, 4.69) is 10.1 Å². The molecule has 1 aromatic rings. The summed E-state index contributed by atoms with van der Waals surface area (Å²) in [6, 6.07) is 0.887. The minimum Gasteiger partial charge on any atom is -0.480 e. The maximum absolute atomic E-state index is 13.7. The Morgan fingerprint density at radius 1 is 1.38 bits per heavy atom. The van der Waals surface area contributed by atoms with Gasteiger partial charge in [-0.25, -0.2) is 9.18 Å². The molecule has 0 saturated carbocycles. The van der Waals surface area contributed by atoms with Crippen LogP contribution in [0.25, 0.3) is 0 Å². The highest BCUT2D eigenvalue weighted by Gasteiger charge is 2.23. The molecule has 21 heavy (non-hydrogen) atoms. The summed E-state index contributed by atoms with van der Waals surface area (Å²) in [7, 11) is 0. The van der Waals surface area contributed by atoms with E-state index in [1.807, 2.05) is 0 Å². The zero-order valence-electron chi connectivity index (χ0n) is 10.5. The van der Waals surface area contributed by atoms with Gasteiger partial charge in [-0.05, 0) is 6.07 Å². The van der Waals surface area contributed by atoms with Crippen molar-refractivity contribution >= 4 is 17.6 Å². The average molecular weight is 304 g/mol. The summed E-state index contributed by atoms with van der Waals surface area (Å²) >= 11 is 0. The van der Waals surface area contributed by atoms with E-state index in [0.29, 0.717) is 12.1 Å². The molecule has 0 saturated heterocycles. The van der Waals surface area contributed by atoms with Crippen molar-refractivity contribution in [3.8, 4) is 0 Å². The zero-order chi connectivity index (χ0) is 16.0. The lowest BCUT2D eigenvalue weighted by Crippen LogP contribution is -2.29. The van der Waals surface area contributed by atoms with Crippen LogP contribution in [0, 0.1) is 21.7 Å². The first-order valence-corrected chi connectivity index (χ1v) is 5.54. The minimum absolute atomic E-state index is 0.170. The Bertz CT molecular complexity index is 578. The number of carbonyl (C=O) groups is 2. The number of hydrogen-bond donors (Lipinski definition) is 2. The van der Waals surface area contributed by atoms with Crippen LogP contribution in [0.2, 0.25) is 0 Å². The zero-order valence-corrected chi connectivity index (χ0v) is 10.5. The molecule has 0 unspecified atom stereocenters. The molecule has 0 spiro atoms. The maximum atomic E-state index is 13.7. The summed E-state index contributed by atoms with van der Waals surface area (Å²) in [5.41, 5.74) is -1.97. The van der Waals surface area contributed by atoms with Crippen molar-refractivity contribution in [1.29, 1.82) is 0 Å². The van der Waals surface area contributed by atoms with Crippen molar-refractivity contribution in [3.05, 3.63) is 39.4 Å². The first kappa shape index (κ1) is 16.4. The van der Waals surface area contributed by atoms with E-state index in [1.54, 1.807) is 0 Å². The quantitative estimate of drug-likeness (QED) is 0.435. The molecule has 0 radical (unpaired) electrons. The first-order chi connectivity index (χ1) is 9.82. The first-order valence-electron chi connectivity index (χ1n) is 5.54. The molecule has 0 aliphatic heterocycles. The van der Waals surface area contributed by atoms with Gasteiger partial charge in [-0.2, -0.15) is 4.39 Å². The summed E-state index contributed by atoms with van der Waals surface area (Å²) in [4.78, 5) is 31.1. The van der Waals surface area contributed by atoms with Crippen molar-refractivity contribution in [2.24, 2.45) is 0 Å². The van der Waals surface area contributed by atoms with Gasteiger partial charge >= 0.3 is 11.7 Å². The van der Waals surface area contributed by atoms with Crippen molar-refractivity contribution in [2.45, 2.75) is 0 Å². The van der Waals surface area contributed by atoms with Gasteiger partial charge in [0.2, 0.25) is 5.82 Å². The highest BCUT2D eigenvalue weighted by atomic mass is 19.1. The van der Waals surface area contributed by atoms with E-state index < -0.39 is 46.3 Å². The fraction of sp³-hybridized carbons (Fsp3) is 0.273. The molecule has 10 heteroatoms. The van der Waals surface area contributed by atoms with Crippen LogP contribution >= 0.6 is 0 Å². The van der Waals surface area contributed by atoms with E-state index in [-0.39, 0.29) is 13.2 Å². The number of nitro benzene ring substituents is 1. The Balaban J connectivity index is 2.70. The summed E-state index contributed by atoms with van der Waals surface area (Å²) < 4.78 is 31.4.